The van der Waals surface area contributed by atoms with E-state index in [1.54, 1.807) is 11.8 Å². The predicted molar refractivity (Wildman–Crippen MR) is 101 cm³/mol. The minimum atomic E-state index is -0.0650. The van der Waals surface area contributed by atoms with E-state index in [2.05, 4.69) is 22.3 Å². The van der Waals surface area contributed by atoms with Crippen LogP contribution < -0.4 is 5.32 Å². The van der Waals surface area contributed by atoms with Crippen LogP contribution in [0.3, 0.4) is 0 Å². The van der Waals surface area contributed by atoms with Crippen LogP contribution in [0.4, 0.5) is 10.5 Å². The fraction of sp³-hybridized carbons (Fsp3) is 0.316. The number of nitrogens with zero attached hydrogens (tertiary/aromatic N) is 2. The Morgan fingerprint density at radius 3 is 2.40 bits per heavy atom. The number of para-hydroxylation sites is 1. The Bertz CT molecular complexity index is 688. The number of urea groups is 1. The van der Waals surface area contributed by atoms with Gasteiger partial charge < -0.3 is 15.3 Å². The van der Waals surface area contributed by atoms with Gasteiger partial charge in [0.25, 0.3) is 0 Å². The van der Waals surface area contributed by atoms with Gasteiger partial charge in [-0.05, 0) is 24.3 Å². The lowest BCUT2D eigenvalue weighted by Gasteiger charge is -2.34. The minimum Gasteiger partial charge on any atom is -0.395 e. The van der Waals surface area contributed by atoms with Gasteiger partial charge in [0.15, 0.2) is 0 Å². The molecule has 2 amide bonds. The molecule has 6 heteroatoms. The van der Waals surface area contributed by atoms with E-state index in [4.69, 9.17) is 5.11 Å². The third-order valence-electron chi connectivity index (χ3n) is 4.18. The Labute approximate surface area is 152 Å². The van der Waals surface area contributed by atoms with Gasteiger partial charge in [0.1, 0.15) is 0 Å². The first kappa shape index (κ1) is 17.8. The molecule has 1 fully saturated rings. The van der Waals surface area contributed by atoms with Crippen molar-refractivity contribution in [1.29, 1.82) is 0 Å². The molecule has 0 saturated carbocycles. The first-order valence-corrected chi connectivity index (χ1v) is 9.29. The fourth-order valence-electron chi connectivity index (χ4n) is 2.78. The quantitative estimate of drug-likeness (QED) is 0.864. The molecule has 0 aliphatic carbocycles. The molecule has 25 heavy (non-hydrogen) atoms. The molecule has 1 aliphatic heterocycles. The maximum Gasteiger partial charge on any atom is 0.321 e. The second-order valence-electron chi connectivity index (χ2n) is 5.89. The molecule has 2 N–H and O–H groups in total. The van der Waals surface area contributed by atoms with Crippen molar-refractivity contribution >= 4 is 23.5 Å². The van der Waals surface area contributed by atoms with Gasteiger partial charge in [0.05, 0.1) is 12.3 Å². The third-order valence-corrected chi connectivity index (χ3v) is 5.26. The molecule has 1 heterocycles. The number of hydrogen-bond donors (Lipinski definition) is 2. The van der Waals surface area contributed by atoms with Crippen LogP contribution in [0.5, 0.6) is 0 Å². The van der Waals surface area contributed by atoms with Gasteiger partial charge in [-0.25, -0.2) is 4.79 Å². The molecule has 2 aromatic rings. The van der Waals surface area contributed by atoms with E-state index < -0.39 is 0 Å². The third kappa shape index (κ3) is 4.98. The molecule has 1 saturated heterocycles. The topological polar surface area (TPSA) is 55.8 Å². The SMILES string of the molecule is O=C(Nc1ccccc1Sc1ccccc1)N1CCN(CCO)CC1. The van der Waals surface area contributed by atoms with Gasteiger partial charge in [-0.2, -0.15) is 0 Å². The Hall–Kier alpha value is -2.02. The largest absolute Gasteiger partial charge is 0.395 e. The zero-order valence-corrected chi connectivity index (χ0v) is 14.9. The number of amides is 2. The molecular weight excluding hydrogens is 334 g/mol. The number of rotatable bonds is 5. The number of carbonyl (C=O) groups excluding carboxylic acids is 1. The van der Waals surface area contributed by atoms with Crippen LogP contribution >= 0.6 is 11.8 Å². The number of carbonyl (C=O) groups is 1. The van der Waals surface area contributed by atoms with Crippen molar-refractivity contribution in [2.75, 3.05) is 44.6 Å². The van der Waals surface area contributed by atoms with E-state index in [9.17, 15) is 4.79 Å². The zero-order chi connectivity index (χ0) is 17.5. The summed E-state index contributed by atoms with van der Waals surface area (Å²) in [5.74, 6) is 0. The Balaban J connectivity index is 1.62. The molecule has 2 aromatic carbocycles. The maximum atomic E-state index is 12.6. The van der Waals surface area contributed by atoms with Gasteiger partial charge in [0.2, 0.25) is 0 Å². The van der Waals surface area contributed by atoms with Gasteiger partial charge in [-0.3, -0.25) is 4.90 Å². The Morgan fingerprint density at radius 1 is 1.00 bits per heavy atom. The summed E-state index contributed by atoms with van der Waals surface area (Å²) in [7, 11) is 0. The van der Waals surface area contributed by atoms with Crippen molar-refractivity contribution in [1.82, 2.24) is 9.80 Å². The van der Waals surface area contributed by atoms with Crippen LogP contribution in [0.25, 0.3) is 0 Å². The number of aliphatic hydroxyl groups is 1. The summed E-state index contributed by atoms with van der Waals surface area (Å²) in [6.07, 6.45) is 0. The summed E-state index contributed by atoms with van der Waals surface area (Å²) >= 11 is 1.64. The predicted octanol–water partition coefficient (Wildman–Crippen LogP) is 2.98. The van der Waals surface area contributed by atoms with E-state index in [1.165, 1.54) is 0 Å². The van der Waals surface area contributed by atoms with E-state index in [-0.39, 0.29) is 12.6 Å². The van der Waals surface area contributed by atoms with Gasteiger partial charge in [0, 0.05) is 42.5 Å². The molecular formula is C19H23N3O2S. The number of benzene rings is 2. The normalized spacial score (nSPS) is 15.2. The highest BCUT2D eigenvalue weighted by Gasteiger charge is 2.21. The summed E-state index contributed by atoms with van der Waals surface area (Å²) in [6.45, 7) is 3.80. The molecule has 0 unspecified atom stereocenters. The molecule has 0 aromatic heterocycles. The van der Waals surface area contributed by atoms with Gasteiger partial charge in [-0.15, -0.1) is 0 Å². The fourth-order valence-corrected chi connectivity index (χ4v) is 3.71. The van der Waals surface area contributed by atoms with E-state index in [1.807, 2.05) is 47.4 Å². The van der Waals surface area contributed by atoms with Crippen LogP contribution in [-0.4, -0.2) is 60.3 Å². The summed E-state index contributed by atoms with van der Waals surface area (Å²) in [4.78, 5) is 18.7. The van der Waals surface area contributed by atoms with Crippen molar-refractivity contribution in [2.24, 2.45) is 0 Å². The van der Waals surface area contributed by atoms with Gasteiger partial charge >= 0.3 is 6.03 Å². The minimum absolute atomic E-state index is 0.0650. The molecule has 1 aliphatic rings. The average molecular weight is 357 g/mol. The Kier molecular flexibility index (Phi) is 6.33. The van der Waals surface area contributed by atoms with Gasteiger partial charge in [-0.1, -0.05) is 42.1 Å². The lowest BCUT2D eigenvalue weighted by Crippen LogP contribution is -2.50. The molecule has 132 valence electrons. The average Bonchev–Trinajstić information content (AvgIpc) is 2.65. The number of β-amino-alcohol motifs (C(OH)–C–C–N with tert-alkyl or cyclic N) is 1. The highest BCUT2D eigenvalue weighted by atomic mass is 32.2. The molecule has 3 rings (SSSR count). The summed E-state index contributed by atoms with van der Waals surface area (Å²) in [6, 6.07) is 17.9. The van der Waals surface area contributed by atoms with Crippen LogP contribution in [0.2, 0.25) is 0 Å². The number of aliphatic hydroxyl groups excluding tert-OH is 1. The molecule has 5 nitrogen and oxygen atoms in total. The first-order chi connectivity index (χ1) is 12.3. The highest BCUT2D eigenvalue weighted by molar-refractivity contribution is 7.99. The number of anilines is 1. The molecule has 0 radical (unpaired) electrons. The number of hydrogen-bond acceptors (Lipinski definition) is 4. The smallest absolute Gasteiger partial charge is 0.321 e. The summed E-state index contributed by atoms with van der Waals surface area (Å²) < 4.78 is 0. The number of piperazine rings is 1. The van der Waals surface area contributed by atoms with Crippen LogP contribution in [0.15, 0.2) is 64.4 Å². The lowest BCUT2D eigenvalue weighted by atomic mass is 10.3. The van der Waals surface area contributed by atoms with Crippen LogP contribution in [0, 0.1) is 0 Å². The van der Waals surface area contributed by atoms with Crippen molar-refractivity contribution in [3.8, 4) is 0 Å². The highest BCUT2D eigenvalue weighted by Crippen LogP contribution is 2.33. The van der Waals surface area contributed by atoms with Crippen LogP contribution in [-0.2, 0) is 0 Å². The van der Waals surface area contributed by atoms with Crippen LogP contribution in [0.1, 0.15) is 0 Å². The zero-order valence-electron chi connectivity index (χ0n) is 14.1. The van der Waals surface area contributed by atoms with Crippen molar-refractivity contribution < 1.29 is 9.90 Å². The maximum absolute atomic E-state index is 12.6. The molecule has 0 bridgehead atoms. The molecule has 0 atom stereocenters. The second kappa shape index (κ2) is 8.89. The monoisotopic (exact) mass is 357 g/mol. The van der Waals surface area contributed by atoms with Crippen molar-refractivity contribution in [3.63, 3.8) is 0 Å². The Morgan fingerprint density at radius 2 is 1.68 bits per heavy atom. The standard InChI is InChI=1S/C19H23N3O2S/c23-15-14-21-10-12-22(13-11-21)19(24)20-17-8-4-5-9-18(17)25-16-6-2-1-3-7-16/h1-9,23H,10-15H2,(H,20,24). The summed E-state index contributed by atoms with van der Waals surface area (Å²) in [5, 5.41) is 12.0. The number of nitrogens with one attached hydrogen (secondary N) is 1. The van der Waals surface area contributed by atoms with Crippen molar-refractivity contribution in [2.45, 2.75) is 9.79 Å². The van der Waals surface area contributed by atoms with E-state index in [0.717, 1.165) is 28.6 Å². The van der Waals surface area contributed by atoms with E-state index >= 15 is 0 Å². The summed E-state index contributed by atoms with van der Waals surface area (Å²) in [5.41, 5.74) is 0.833. The molecule has 0 spiro atoms. The van der Waals surface area contributed by atoms with E-state index in [0.29, 0.717) is 19.6 Å². The first-order valence-electron chi connectivity index (χ1n) is 8.47. The lowest BCUT2D eigenvalue weighted by molar-refractivity contribution is 0.127. The van der Waals surface area contributed by atoms with Crippen molar-refractivity contribution in [3.05, 3.63) is 54.6 Å². The second-order valence-corrected chi connectivity index (χ2v) is 7.01.